The lowest BCUT2D eigenvalue weighted by Crippen LogP contribution is -2.24. The quantitative estimate of drug-likeness (QED) is 0.505. The Hall–Kier alpha value is -2.48. The fraction of sp³-hybridized carbons (Fsp3) is 0.143. The molecular weight excluding hydrogens is 333 g/mol. The minimum Gasteiger partial charge on any atom is -0.404 e. The Morgan fingerprint density at radius 2 is 2.00 bits per heavy atom. The summed E-state index contributed by atoms with van der Waals surface area (Å²) >= 11 is 5.66. The minimum atomic E-state index is -4.79. The summed E-state index contributed by atoms with van der Waals surface area (Å²) in [6.45, 7) is 0.200. The monoisotopic (exact) mass is 344 g/mol. The number of aliphatic imine (C=N–C) groups is 1. The summed E-state index contributed by atoms with van der Waals surface area (Å²) in [7, 11) is 0. The van der Waals surface area contributed by atoms with E-state index in [4.69, 9.17) is 17.3 Å². The Kier molecular flexibility index (Phi) is 5.28. The van der Waals surface area contributed by atoms with E-state index in [9.17, 15) is 13.2 Å². The van der Waals surface area contributed by atoms with E-state index in [-0.39, 0.29) is 18.2 Å². The predicted molar refractivity (Wildman–Crippen MR) is 81.3 cm³/mol. The van der Waals surface area contributed by atoms with E-state index >= 15 is 0 Å². The second-order valence-corrected chi connectivity index (χ2v) is 4.75. The van der Waals surface area contributed by atoms with Crippen molar-refractivity contribution in [1.82, 2.24) is 4.98 Å². The lowest BCUT2D eigenvalue weighted by Gasteiger charge is -2.14. The van der Waals surface area contributed by atoms with Gasteiger partial charge in [0.05, 0.1) is 12.2 Å². The van der Waals surface area contributed by atoms with Crippen molar-refractivity contribution in [3.8, 4) is 5.75 Å². The highest BCUT2D eigenvalue weighted by Gasteiger charge is 2.32. The molecule has 0 aliphatic rings. The summed E-state index contributed by atoms with van der Waals surface area (Å²) < 4.78 is 40.9. The number of pyridine rings is 1. The zero-order chi connectivity index (χ0) is 16.9. The molecule has 3 N–H and O–H groups in total. The van der Waals surface area contributed by atoms with Crippen molar-refractivity contribution in [2.45, 2.75) is 12.9 Å². The van der Waals surface area contributed by atoms with E-state index in [0.29, 0.717) is 5.15 Å². The van der Waals surface area contributed by atoms with Gasteiger partial charge in [-0.3, -0.25) is 0 Å². The molecule has 122 valence electrons. The molecule has 5 nitrogen and oxygen atoms in total. The molecule has 2 rings (SSSR count). The largest absolute Gasteiger partial charge is 0.573 e. The van der Waals surface area contributed by atoms with Crippen molar-refractivity contribution >= 4 is 23.2 Å². The number of para-hydroxylation sites is 2. The van der Waals surface area contributed by atoms with E-state index in [2.05, 4.69) is 20.0 Å². The summed E-state index contributed by atoms with van der Waals surface area (Å²) in [5, 5.41) is 2.92. The topological polar surface area (TPSA) is 72.5 Å². The molecule has 0 aliphatic heterocycles. The van der Waals surface area contributed by atoms with Gasteiger partial charge < -0.3 is 15.8 Å². The number of alkyl halides is 3. The number of nitrogens with one attached hydrogen (secondary N) is 1. The van der Waals surface area contributed by atoms with Gasteiger partial charge in [-0.2, -0.15) is 0 Å². The van der Waals surface area contributed by atoms with Crippen molar-refractivity contribution < 1.29 is 17.9 Å². The lowest BCUT2D eigenvalue weighted by molar-refractivity contribution is -0.274. The summed E-state index contributed by atoms with van der Waals surface area (Å²) in [5.41, 5.74) is 6.48. The number of hydrogen-bond acceptors (Lipinski definition) is 3. The summed E-state index contributed by atoms with van der Waals surface area (Å²) in [6.07, 6.45) is -3.27. The first-order chi connectivity index (χ1) is 10.8. The molecule has 1 aromatic heterocycles. The van der Waals surface area contributed by atoms with Gasteiger partial charge in [0, 0.05) is 6.20 Å². The van der Waals surface area contributed by atoms with Gasteiger partial charge in [-0.15, -0.1) is 13.2 Å². The number of anilines is 1. The normalized spacial score (nSPS) is 12.1. The molecule has 0 radical (unpaired) electrons. The van der Waals surface area contributed by atoms with Crippen LogP contribution in [0.3, 0.4) is 0 Å². The lowest BCUT2D eigenvalue weighted by atomic mass is 10.3. The Morgan fingerprint density at radius 3 is 2.65 bits per heavy atom. The average molecular weight is 345 g/mol. The molecule has 1 heterocycles. The Labute approximate surface area is 135 Å². The fourth-order valence-corrected chi connectivity index (χ4v) is 1.75. The van der Waals surface area contributed by atoms with Crippen LogP contribution in [0.1, 0.15) is 5.56 Å². The Balaban J connectivity index is 2.06. The van der Waals surface area contributed by atoms with E-state index in [0.717, 1.165) is 5.56 Å². The molecule has 1 aromatic carbocycles. The van der Waals surface area contributed by atoms with Crippen molar-refractivity contribution in [2.75, 3.05) is 5.32 Å². The molecule has 0 atom stereocenters. The van der Waals surface area contributed by atoms with Crippen molar-refractivity contribution in [3.63, 3.8) is 0 Å². The zero-order valence-corrected chi connectivity index (χ0v) is 12.4. The Morgan fingerprint density at radius 1 is 1.26 bits per heavy atom. The van der Waals surface area contributed by atoms with Gasteiger partial charge in [0.2, 0.25) is 0 Å². The number of halogens is 4. The van der Waals surface area contributed by atoms with E-state index < -0.39 is 12.1 Å². The van der Waals surface area contributed by atoms with Crippen LogP contribution in [0.15, 0.2) is 47.6 Å². The molecule has 0 unspecified atom stereocenters. The zero-order valence-electron chi connectivity index (χ0n) is 11.6. The number of nitrogens with zero attached hydrogens (tertiary/aromatic N) is 2. The third-order valence-corrected chi connectivity index (χ3v) is 2.82. The van der Waals surface area contributed by atoms with Gasteiger partial charge in [-0.1, -0.05) is 29.8 Å². The molecule has 0 bridgehead atoms. The van der Waals surface area contributed by atoms with Gasteiger partial charge in [0.15, 0.2) is 11.7 Å². The smallest absolute Gasteiger partial charge is 0.404 e. The molecule has 0 amide bonds. The molecule has 23 heavy (non-hydrogen) atoms. The first-order valence-corrected chi connectivity index (χ1v) is 6.73. The average Bonchev–Trinajstić information content (AvgIpc) is 2.47. The summed E-state index contributed by atoms with van der Waals surface area (Å²) in [6, 6.07) is 8.84. The van der Waals surface area contributed by atoms with Gasteiger partial charge in [-0.05, 0) is 23.8 Å². The number of guanidine groups is 1. The van der Waals surface area contributed by atoms with Crippen LogP contribution in [0.25, 0.3) is 0 Å². The van der Waals surface area contributed by atoms with E-state index in [1.165, 1.54) is 24.4 Å². The summed E-state index contributed by atoms with van der Waals surface area (Å²) in [5.74, 6) is -0.454. The highest BCUT2D eigenvalue weighted by Crippen LogP contribution is 2.29. The SMILES string of the molecule is NC(=NCc1ccc(Cl)nc1)Nc1ccccc1OC(F)(F)F. The van der Waals surface area contributed by atoms with Gasteiger partial charge in [-0.25, -0.2) is 9.98 Å². The van der Waals surface area contributed by atoms with E-state index in [1.807, 2.05) is 0 Å². The standard InChI is InChI=1S/C14H12ClF3N4O/c15-12-6-5-9(7-20-12)8-21-13(19)22-10-3-1-2-4-11(10)23-14(16,17)18/h1-7H,8H2,(H3,19,21,22). The maximum Gasteiger partial charge on any atom is 0.573 e. The predicted octanol–water partition coefficient (Wildman–Crippen LogP) is 3.56. The number of hydrogen-bond donors (Lipinski definition) is 2. The Bertz CT molecular complexity index is 689. The van der Waals surface area contributed by atoms with Crippen molar-refractivity contribution in [3.05, 3.63) is 53.3 Å². The molecule has 0 saturated carbocycles. The summed E-state index contributed by atoms with van der Waals surface area (Å²) in [4.78, 5) is 7.91. The molecule has 2 aromatic rings. The van der Waals surface area contributed by atoms with Gasteiger partial charge >= 0.3 is 6.36 Å². The van der Waals surface area contributed by atoms with Crippen molar-refractivity contribution in [1.29, 1.82) is 0 Å². The number of aromatic nitrogens is 1. The second kappa shape index (κ2) is 7.19. The molecule has 0 saturated heterocycles. The van der Waals surface area contributed by atoms with Crippen LogP contribution in [0.2, 0.25) is 5.15 Å². The maximum atomic E-state index is 12.3. The van der Waals surface area contributed by atoms with Crippen molar-refractivity contribution in [2.24, 2.45) is 10.7 Å². The van der Waals surface area contributed by atoms with Crippen LogP contribution in [0.5, 0.6) is 5.75 Å². The first kappa shape index (κ1) is 16.9. The molecule has 0 spiro atoms. The molecule has 0 fully saturated rings. The highest BCUT2D eigenvalue weighted by molar-refractivity contribution is 6.29. The fourth-order valence-electron chi connectivity index (χ4n) is 1.64. The van der Waals surface area contributed by atoms with Crippen LogP contribution in [-0.2, 0) is 6.54 Å². The van der Waals surface area contributed by atoms with Crippen LogP contribution in [0, 0.1) is 0 Å². The third kappa shape index (κ3) is 5.67. The molecule has 0 aliphatic carbocycles. The second-order valence-electron chi connectivity index (χ2n) is 4.36. The van der Waals surface area contributed by atoms with Crippen LogP contribution in [0.4, 0.5) is 18.9 Å². The number of rotatable bonds is 4. The van der Waals surface area contributed by atoms with Crippen LogP contribution < -0.4 is 15.8 Å². The molecular formula is C14H12ClF3N4O. The van der Waals surface area contributed by atoms with Gasteiger partial charge in [0.25, 0.3) is 0 Å². The first-order valence-electron chi connectivity index (χ1n) is 6.35. The number of benzene rings is 1. The highest BCUT2D eigenvalue weighted by atomic mass is 35.5. The third-order valence-electron chi connectivity index (χ3n) is 2.60. The number of nitrogens with two attached hydrogens (primary N) is 1. The minimum absolute atomic E-state index is 0.0558. The number of ether oxygens (including phenoxy) is 1. The van der Waals surface area contributed by atoms with Gasteiger partial charge in [0.1, 0.15) is 5.15 Å². The van der Waals surface area contributed by atoms with E-state index in [1.54, 1.807) is 18.2 Å². The maximum absolute atomic E-state index is 12.3. The van der Waals surface area contributed by atoms with Crippen LogP contribution in [-0.4, -0.2) is 17.3 Å². The molecule has 9 heteroatoms. The van der Waals surface area contributed by atoms with Crippen LogP contribution >= 0.6 is 11.6 Å².